The summed E-state index contributed by atoms with van der Waals surface area (Å²) in [6.45, 7) is 4.22. The molecule has 1 heterocycles. The number of benzene rings is 2. The molecule has 0 aliphatic rings. The zero-order chi connectivity index (χ0) is 21.7. The summed E-state index contributed by atoms with van der Waals surface area (Å²) in [5.74, 6) is 0.601. The Kier molecular flexibility index (Phi) is 6.43. The van der Waals surface area contributed by atoms with Crippen molar-refractivity contribution >= 4 is 34.0 Å². The SMILES string of the molecule is COCCn1c(C)nc2ccc(NC(=O)Nc3cccc(/C(C)=N\O)c3)cc2c1=O. The highest BCUT2D eigenvalue weighted by Gasteiger charge is 2.10. The van der Waals surface area contributed by atoms with E-state index in [1.54, 1.807) is 68.0 Å². The Labute approximate surface area is 173 Å². The number of carbonyl (C=O) groups is 1. The minimum atomic E-state index is -0.468. The Balaban J connectivity index is 1.82. The molecular formula is C21H23N5O4. The van der Waals surface area contributed by atoms with Crippen molar-refractivity contribution < 1.29 is 14.7 Å². The van der Waals surface area contributed by atoms with E-state index < -0.39 is 6.03 Å². The Morgan fingerprint density at radius 3 is 2.63 bits per heavy atom. The Morgan fingerprint density at radius 1 is 1.20 bits per heavy atom. The van der Waals surface area contributed by atoms with Gasteiger partial charge in [-0.1, -0.05) is 17.3 Å². The lowest BCUT2D eigenvalue weighted by Gasteiger charge is -2.12. The minimum absolute atomic E-state index is 0.190. The number of hydrogen-bond acceptors (Lipinski definition) is 6. The molecule has 0 saturated carbocycles. The van der Waals surface area contributed by atoms with Crippen LogP contribution >= 0.6 is 0 Å². The van der Waals surface area contributed by atoms with E-state index in [4.69, 9.17) is 9.94 Å². The van der Waals surface area contributed by atoms with Crippen molar-refractivity contribution in [1.82, 2.24) is 9.55 Å². The van der Waals surface area contributed by atoms with Gasteiger partial charge in [0, 0.05) is 24.0 Å². The molecule has 0 atom stereocenters. The first-order valence-electron chi connectivity index (χ1n) is 9.30. The van der Waals surface area contributed by atoms with E-state index in [1.165, 1.54) is 0 Å². The first-order chi connectivity index (χ1) is 14.4. The van der Waals surface area contributed by atoms with Crippen LogP contribution in [0.2, 0.25) is 0 Å². The van der Waals surface area contributed by atoms with E-state index in [2.05, 4.69) is 20.8 Å². The third-order valence-electron chi connectivity index (χ3n) is 4.61. The van der Waals surface area contributed by atoms with Crippen LogP contribution in [0.1, 0.15) is 18.3 Å². The number of nitrogens with one attached hydrogen (secondary N) is 2. The molecule has 9 nitrogen and oxygen atoms in total. The first kappa shape index (κ1) is 21.0. The number of rotatable bonds is 6. The number of amides is 2. The third-order valence-corrected chi connectivity index (χ3v) is 4.61. The van der Waals surface area contributed by atoms with E-state index in [0.29, 0.717) is 52.5 Å². The topological polar surface area (TPSA) is 118 Å². The maximum Gasteiger partial charge on any atom is 0.323 e. The fraction of sp³-hybridized carbons (Fsp3) is 0.238. The number of aryl methyl sites for hydroxylation is 1. The molecule has 0 saturated heterocycles. The number of methoxy groups -OCH3 is 1. The Hall–Kier alpha value is -3.72. The van der Waals surface area contributed by atoms with E-state index in [-0.39, 0.29) is 5.56 Å². The van der Waals surface area contributed by atoms with Gasteiger partial charge in [-0.15, -0.1) is 0 Å². The van der Waals surface area contributed by atoms with Crippen LogP contribution in [0.3, 0.4) is 0 Å². The quantitative estimate of drug-likeness (QED) is 0.328. The van der Waals surface area contributed by atoms with Crippen molar-refractivity contribution in [2.75, 3.05) is 24.4 Å². The predicted molar refractivity (Wildman–Crippen MR) is 116 cm³/mol. The van der Waals surface area contributed by atoms with E-state index in [9.17, 15) is 9.59 Å². The molecule has 0 aliphatic heterocycles. The zero-order valence-electron chi connectivity index (χ0n) is 17.0. The number of nitrogens with zero attached hydrogens (tertiary/aromatic N) is 3. The fourth-order valence-electron chi connectivity index (χ4n) is 3.03. The van der Waals surface area contributed by atoms with Crippen LogP contribution in [0.15, 0.2) is 52.4 Å². The highest BCUT2D eigenvalue weighted by atomic mass is 16.5. The lowest BCUT2D eigenvalue weighted by Crippen LogP contribution is -2.26. The fourth-order valence-corrected chi connectivity index (χ4v) is 3.03. The van der Waals surface area contributed by atoms with Crippen LogP contribution in [0.4, 0.5) is 16.2 Å². The van der Waals surface area contributed by atoms with Crippen LogP contribution < -0.4 is 16.2 Å². The van der Waals surface area contributed by atoms with E-state index in [0.717, 1.165) is 0 Å². The van der Waals surface area contributed by atoms with Gasteiger partial charge in [0.1, 0.15) is 5.82 Å². The molecule has 3 aromatic rings. The number of carbonyl (C=O) groups excluding carboxylic acids is 1. The van der Waals surface area contributed by atoms with Gasteiger partial charge >= 0.3 is 6.03 Å². The minimum Gasteiger partial charge on any atom is -0.411 e. The molecule has 3 N–H and O–H groups in total. The molecule has 2 aromatic carbocycles. The molecule has 156 valence electrons. The third kappa shape index (κ3) is 4.64. The van der Waals surface area contributed by atoms with Crippen LogP contribution in [0.5, 0.6) is 0 Å². The van der Waals surface area contributed by atoms with Gasteiger partial charge in [0.15, 0.2) is 0 Å². The predicted octanol–water partition coefficient (Wildman–Crippen LogP) is 3.19. The largest absolute Gasteiger partial charge is 0.411 e. The van der Waals surface area contributed by atoms with Crippen molar-refractivity contribution in [3.8, 4) is 0 Å². The summed E-state index contributed by atoms with van der Waals surface area (Å²) in [5.41, 5.74) is 2.48. The maximum atomic E-state index is 12.8. The molecule has 30 heavy (non-hydrogen) atoms. The zero-order valence-corrected chi connectivity index (χ0v) is 17.0. The standard InChI is InChI=1S/C21H23N5O4/c1-13(25-29)15-5-4-6-16(11-15)23-21(28)24-17-7-8-19-18(12-17)20(27)26(9-10-30-3)14(2)22-19/h4-8,11-12,29H,9-10H2,1-3H3,(H2,23,24,28)/b25-13-. The molecular weight excluding hydrogens is 386 g/mol. The van der Waals surface area contributed by atoms with Crippen molar-refractivity contribution in [1.29, 1.82) is 0 Å². The summed E-state index contributed by atoms with van der Waals surface area (Å²) in [6.07, 6.45) is 0. The molecule has 1 aromatic heterocycles. The monoisotopic (exact) mass is 409 g/mol. The average Bonchev–Trinajstić information content (AvgIpc) is 2.73. The van der Waals surface area contributed by atoms with Crippen LogP contribution in [0, 0.1) is 6.92 Å². The lowest BCUT2D eigenvalue weighted by molar-refractivity contribution is 0.185. The van der Waals surface area contributed by atoms with Crippen molar-refractivity contribution in [3.63, 3.8) is 0 Å². The van der Waals surface area contributed by atoms with Gasteiger partial charge in [-0.2, -0.15) is 0 Å². The van der Waals surface area contributed by atoms with Gasteiger partial charge in [-0.25, -0.2) is 9.78 Å². The second-order valence-electron chi connectivity index (χ2n) is 6.69. The molecule has 0 fully saturated rings. The second-order valence-corrected chi connectivity index (χ2v) is 6.69. The van der Waals surface area contributed by atoms with Gasteiger partial charge in [0.25, 0.3) is 5.56 Å². The summed E-state index contributed by atoms with van der Waals surface area (Å²) in [4.78, 5) is 29.7. The summed E-state index contributed by atoms with van der Waals surface area (Å²) in [6, 6.07) is 11.4. The molecule has 0 spiro atoms. The summed E-state index contributed by atoms with van der Waals surface area (Å²) >= 11 is 0. The smallest absolute Gasteiger partial charge is 0.323 e. The lowest BCUT2D eigenvalue weighted by atomic mass is 10.1. The van der Waals surface area contributed by atoms with Crippen molar-refractivity contribution in [2.45, 2.75) is 20.4 Å². The number of oxime groups is 1. The molecule has 0 bridgehead atoms. The summed E-state index contributed by atoms with van der Waals surface area (Å²) in [5, 5.41) is 17.9. The van der Waals surface area contributed by atoms with Gasteiger partial charge in [-0.3, -0.25) is 9.36 Å². The molecule has 9 heteroatoms. The van der Waals surface area contributed by atoms with Crippen molar-refractivity contribution in [2.24, 2.45) is 5.16 Å². The number of anilines is 2. The number of hydrogen-bond donors (Lipinski definition) is 3. The van der Waals surface area contributed by atoms with E-state index in [1.807, 2.05) is 0 Å². The Morgan fingerprint density at radius 2 is 1.93 bits per heavy atom. The number of ether oxygens (including phenoxy) is 1. The second kappa shape index (κ2) is 9.19. The Bertz CT molecular complexity index is 1170. The van der Waals surface area contributed by atoms with Gasteiger partial charge in [0.05, 0.1) is 29.8 Å². The van der Waals surface area contributed by atoms with Gasteiger partial charge < -0.3 is 20.6 Å². The molecule has 0 unspecified atom stereocenters. The number of aromatic nitrogens is 2. The highest BCUT2D eigenvalue weighted by molar-refractivity contribution is 6.03. The highest BCUT2D eigenvalue weighted by Crippen LogP contribution is 2.17. The number of fused-ring (bicyclic) bond motifs is 1. The van der Waals surface area contributed by atoms with Crippen molar-refractivity contribution in [3.05, 3.63) is 64.2 Å². The summed E-state index contributed by atoms with van der Waals surface area (Å²) in [7, 11) is 1.57. The average molecular weight is 409 g/mol. The molecule has 0 aliphatic carbocycles. The van der Waals surface area contributed by atoms with E-state index >= 15 is 0 Å². The van der Waals surface area contributed by atoms with Crippen LogP contribution in [-0.2, 0) is 11.3 Å². The number of urea groups is 1. The maximum absolute atomic E-state index is 12.8. The molecule has 2 amide bonds. The summed E-state index contributed by atoms with van der Waals surface area (Å²) < 4.78 is 6.60. The normalized spacial score (nSPS) is 11.5. The van der Waals surface area contributed by atoms with Gasteiger partial charge in [0.2, 0.25) is 0 Å². The van der Waals surface area contributed by atoms with Crippen LogP contribution in [-0.4, -0.2) is 40.2 Å². The molecule has 0 radical (unpaired) electrons. The molecule has 3 rings (SSSR count). The first-order valence-corrected chi connectivity index (χ1v) is 9.30. The van der Waals surface area contributed by atoms with Gasteiger partial charge in [-0.05, 0) is 44.2 Å². The van der Waals surface area contributed by atoms with Crippen LogP contribution in [0.25, 0.3) is 10.9 Å².